The molecule has 8 nitrogen and oxygen atoms in total. The summed E-state index contributed by atoms with van der Waals surface area (Å²) in [7, 11) is 0. The number of amides is 2. The minimum absolute atomic E-state index is 0.0705. The number of pyridine rings is 1. The molecule has 9 heteroatoms. The Bertz CT molecular complexity index is 1110. The second-order valence-corrected chi connectivity index (χ2v) is 10.6. The lowest BCUT2D eigenvalue weighted by molar-refractivity contribution is -0.133. The topological polar surface area (TPSA) is 109 Å². The van der Waals surface area contributed by atoms with E-state index in [0.29, 0.717) is 37.1 Å². The quantitative estimate of drug-likeness (QED) is 0.642. The molecule has 0 radical (unpaired) electrons. The molecule has 176 valence electrons. The van der Waals surface area contributed by atoms with Gasteiger partial charge in [0.15, 0.2) is 0 Å². The summed E-state index contributed by atoms with van der Waals surface area (Å²) in [5.74, 6) is -0.964. The first kappa shape index (κ1) is 22.0. The first-order valence-corrected chi connectivity index (χ1v) is 11.7. The van der Waals surface area contributed by atoms with Crippen molar-refractivity contribution in [1.82, 2.24) is 20.1 Å². The third-order valence-corrected chi connectivity index (χ3v) is 7.10. The van der Waals surface area contributed by atoms with Crippen molar-refractivity contribution >= 4 is 17.6 Å². The monoisotopic (exact) mass is 455 g/mol. The van der Waals surface area contributed by atoms with E-state index in [9.17, 15) is 19.1 Å². The van der Waals surface area contributed by atoms with Gasteiger partial charge in [0.05, 0.1) is 12.4 Å². The second kappa shape index (κ2) is 7.90. The summed E-state index contributed by atoms with van der Waals surface area (Å²) >= 11 is 0. The van der Waals surface area contributed by atoms with Gasteiger partial charge >= 0.3 is 0 Å². The lowest BCUT2D eigenvalue weighted by atomic mass is 9.85. The molecule has 3 N–H and O–H groups in total. The maximum Gasteiger partial charge on any atom is 0.252 e. The fraction of sp³-hybridized carbons (Fsp3) is 0.583. The second-order valence-electron chi connectivity index (χ2n) is 10.6. The Morgan fingerprint density at radius 2 is 2.00 bits per heavy atom. The molecule has 2 saturated carbocycles. The van der Waals surface area contributed by atoms with Gasteiger partial charge in [-0.1, -0.05) is 20.3 Å². The number of halogens is 1. The molecule has 3 aliphatic rings. The standard InChI is InChI=1S/C24H30FN5O3/c1-23(2)10-19-17(11-27-30(19)13-23)16-9-20(26-12-18(16)25)29-21(31)14-4-3-5-15(8-14)28-22(32)24(33)6-7-24/h9,11-12,14-15,33H,3-8,10,13H2,1-2H3,(H,28,32)(H,26,29,31). The van der Waals surface area contributed by atoms with Crippen LogP contribution in [-0.2, 0) is 22.6 Å². The van der Waals surface area contributed by atoms with Crippen molar-refractivity contribution in [3.05, 3.63) is 30.0 Å². The number of carbonyl (C=O) groups excluding carboxylic acids is 2. The number of aromatic nitrogens is 3. The van der Waals surface area contributed by atoms with E-state index < -0.39 is 11.4 Å². The highest BCUT2D eigenvalue weighted by molar-refractivity contribution is 5.92. The van der Waals surface area contributed by atoms with Gasteiger partial charge in [0.25, 0.3) is 5.91 Å². The summed E-state index contributed by atoms with van der Waals surface area (Å²) in [4.78, 5) is 29.2. The lowest BCUT2D eigenvalue weighted by Gasteiger charge is -2.29. The minimum atomic E-state index is -1.22. The molecule has 2 aliphatic carbocycles. The van der Waals surface area contributed by atoms with Gasteiger partial charge in [0, 0.05) is 35.3 Å². The fourth-order valence-corrected chi connectivity index (χ4v) is 5.04. The molecule has 0 saturated heterocycles. The number of aliphatic hydroxyl groups is 1. The van der Waals surface area contributed by atoms with Crippen molar-refractivity contribution in [2.24, 2.45) is 11.3 Å². The van der Waals surface area contributed by atoms with Crippen LogP contribution in [0.25, 0.3) is 11.1 Å². The number of nitrogens with one attached hydrogen (secondary N) is 2. The van der Waals surface area contributed by atoms with E-state index in [0.717, 1.165) is 43.3 Å². The number of nitrogens with zero attached hydrogens (tertiary/aromatic N) is 3. The van der Waals surface area contributed by atoms with E-state index in [1.165, 1.54) is 0 Å². The van der Waals surface area contributed by atoms with Crippen LogP contribution in [0.15, 0.2) is 18.5 Å². The summed E-state index contributed by atoms with van der Waals surface area (Å²) in [5.41, 5.74) is 0.958. The summed E-state index contributed by atoms with van der Waals surface area (Å²) in [6.07, 6.45) is 7.41. The molecule has 2 amide bonds. The van der Waals surface area contributed by atoms with E-state index in [1.807, 2.05) is 4.68 Å². The molecule has 0 bridgehead atoms. The van der Waals surface area contributed by atoms with E-state index >= 15 is 0 Å². The minimum Gasteiger partial charge on any atom is -0.380 e. The Hall–Kier alpha value is -2.81. The van der Waals surface area contributed by atoms with Crippen molar-refractivity contribution in [2.45, 2.75) is 77.0 Å². The van der Waals surface area contributed by atoms with E-state index in [4.69, 9.17) is 0 Å². The lowest BCUT2D eigenvalue weighted by Crippen LogP contribution is -2.45. The predicted octanol–water partition coefficient (Wildman–Crippen LogP) is 2.80. The predicted molar refractivity (Wildman–Crippen MR) is 120 cm³/mol. The Morgan fingerprint density at radius 1 is 1.21 bits per heavy atom. The van der Waals surface area contributed by atoms with Crippen LogP contribution in [-0.4, -0.2) is 43.3 Å². The number of rotatable bonds is 5. The molecule has 1 aliphatic heterocycles. The normalized spacial score (nSPS) is 24.7. The molecule has 5 rings (SSSR count). The maximum atomic E-state index is 14.7. The fourth-order valence-electron chi connectivity index (χ4n) is 5.04. The average molecular weight is 456 g/mol. The highest BCUT2D eigenvalue weighted by Crippen LogP contribution is 2.38. The molecular weight excluding hydrogens is 425 g/mol. The summed E-state index contributed by atoms with van der Waals surface area (Å²) in [6, 6.07) is 1.43. The van der Waals surface area contributed by atoms with Gasteiger partial charge in [0.2, 0.25) is 5.91 Å². The van der Waals surface area contributed by atoms with Crippen LogP contribution in [0.3, 0.4) is 0 Å². The Morgan fingerprint density at radius 3 is 2.76 bits per heavy atom. The number of fused-ring (bicyclic) bond motifs is 1. The van der Waals surface area contributed by atoms with Crippen LogP contribution >= 0.6 is 0 Å². The molecule has 2 atom stereocenters. The summed E-state index contributed by atoms with van der Waals surface area (Å²) in [6.45, 7) is 5.10. The van der Waals surface area contributed by atoms with Crippen molar-refractivity contribution < 1.29 is 19.1 Å². The summed E-state index contributed by atoms with van der Waals surface area (Å²) < 4.78 is 16.6. The molecule has 0 spiro atoms. The first-order valence-electron chi connectivity index (χ1n) is 11.7. The molecule has 2 aromatic heterocycles. The molecule has 2 aromatic rings. The largest absolute Gasteiger partial charge is 0.380 e. The van der Waals surface area contributed by atoms with Gasteiger partial charge in [-0.05, 0) is 50.0 Å². The van der Waals surface area contributed by atoms with Gasteiger partial charge in [-0.3, -0.25) is 14.3 Å². The maximum absolute atomic E-state index is 14.7. The van der Waals surface area contributed by atoms with Crippen molar-refractivity contribution in [3.63, 3.8) is 0 Å². The SMILES string of the molecule is CC1(C)Cc2c(-c3cc(NC(=O)C4CCCC(NC(=O)C5(O)CC5)C4)ncc3F)cnn2C1. The third kappa shape index (κ3) is 4.38. The highest BCUT2D eigenvalue weighted by atomic mass is 19.1. The van der Waals surface area contributed by atoms with Crippen molar-refractivity contribution in [3.8, 4) is 11.1 Å². The van der Waals surface area contributed by atoms with Crippen LogP contribution in [0.1, 0.15) is 58.1 Å². The van der Waals surface area contributed by atoms with Gasteiger partial charge < -0.3 is 15.7 Å². The average Bonchev–Trinajstić information content (AvgIpc) is 3.30. The van der Waals surface area contributed by atoms with Gasteiger partial charge in [-0.15, -0.1) is 0 Å². The van der Waals surface area contributed by atoms with Gasteiger partial charge in [0.1, 0.15) is 17.2 Å². The number of hydrogen-bond donors (Lipinski definition) is 3. The van der Waals surface area contributed by atoms with Gasteiger partial charge in [-0.25, -0.2) is 9.37 Å². The first-order chi connectivity index (χ1) is 15.6. The van der Waals surface area contributed by atoms with E-state index in [2.05, 4.69) is 34.6 Å². The molecule has 0 aromatic carbocycles. The Labute approximate surface area is 192 Å². The van der Waals surface area contributed by atoms with Crippen LogP contribution in [0.2, 0.25) is 0 Å². The molecule has 3 heterocycles. The number of hydrogen-bond acceptors (Lipinski definition) is 5. The Kier molecular flexibility index (Phi) is 5.27. The Balaban J connectivity index is 1.27. The van der Waals surface area contributed by atoms with Crippen LogP contribution in [0.4, 0.5) is 10.2 Å². The third-order valence-electron chi connectivity index (χ3n) is 7.10. The van der Waals surface area contributed by atoms with Crippen LogP contribution in [0.5, 0.6) is 0 Å². The molecular formula is C24H30FN5O3. The van der Waals surface area contributed by atoms with Crippen LogP contribution < -0.4 is 10.6 Å². The van der Waals surface area contributed by atoms with Gasteiger partial charge in [-0.2, -0.15) is 5.10 Å². The highest BCUT2D eigenvalue weighted by Gasteiger charge is 2.48. The zero-order chi connectivity index (χ0) is 23.4. The number of anilines is 1. The number of carbonyl (C=O) groups is 2. The molecule has 33 heavy (non-hydrogen) atoms. The smallest absolute Gasteiger partial charge is 0.252 e. The summed E-state index contributed by atoms with van der Waals surface area (Å²) in [5, 5.41) is 20.1. The molecule has 2 unspecified atom stereocenters. The van der Waals surface area contributed by atoms with Crippen molar-refractivity contribution in [2.75, 3.05) is 5.32 Å². The van der Waals surface area contributed by atoms with E-state index in [1.54, 1.807) is 12.3 Å². The zero-order valence-corrected chi connectivity index (χ0v) is 19.0. The zero-order valence-electron chi connectivity index (χ0n) is 19.0. The van der Waals surface area contributed by atoms with Crippen LogP contribution in [0, 0.1) is 17.2 Å². The van der Waals surface area contributed by atoms with Crippen molar-refractivity contribution in [1.29, 1.82) is 0 Å². The van der Waals surface area contributed by atoms with E-state index in [-0.39, 0.29) is 29.2 Å². The molecule has 2 fully saturated rings.